The molecule has 2 aromatic rings. The highest BCUT2D eigenvalue weighted by atomic mass is 35.5. The lowest BCUT2D eigenvalue weighted by molar-refractivity contribution is -0.00620. The number of Topliss-reactive ketones (excluding diaryl/α,β-unsaturated/α-hetero) is 1. The molecule has 1 saturated heterocycles. The van der Waals surface area contributed by atoms with Crippen LogP contribution in [0.5, 0.6) is 5.75 Å². The van der Waals surface area contributed by atoms with E-state index in [1.807, 2.05) is 30.9 Å². The number of likely N-dealkylation sites (tertiary alicyclic amines) is 1. The molecule has 1 fully saturated rings. The van der Waals surface area contributed by atoms with Crippen molar-refractivity contribution < 1.29 is 14.3 Å². The van der Waals surface area contributed by atoms with Crippen molar-refractivity contribution in [2.24, 2.45) is 0 Å². The summed E-state index contributed by atoms with van der Waals surface area (Å²) in [5, 5.41) is 0.614. The maximum absolute atomic E-state index is 12.7. The number of hydrogen-bond donors (Lipinski definition) is 0. The van der Waals surface area contributed by atoms with Gasteiger partial charge in [-0.05, 0) is 55.3 Å². The van der Waals surface area contributed by atoms with Crippen molar-refractivity contribution in [2.75, 3.05) is 13.1 Å². The van der Waals surface area contributed by atoms with Gasteiger partial charge in [0, 0.05) is 36.5 Å². The Balaban J connectivity index is 1.52. The van der Waals surface area contributed by atoms with Crippen LogP contribution < -0.4 is 4.74 Å². The smallest absolute Gasteiger partial charge is 0.253 e. The maximum atomic E-state index is 12.7. The Hall–Kier alpha value is -2.33. The highest BCUT2D eigenvalue weighted by Crippen LogP contribution is 2.41. The highest BCUT2D eigenvalue weighted by molar-refractivity contribution is 6.30. The summed E-state index contributed by atoms with van der Waals surface area (Å²) in [4.78, 5) is 27.3. The lowest BCUT2D eigenvalue weighted by Crippen LogP contribution is -2.52. The van der Waals surface area contributed by atoms with Crippen LogP contribution in [0.15, 0.2) is 36.4 Å². The largest absolute Gasteiger partial charge is 0.486 e. The molecule has 4 rings (SSSR count). The van der Waals surface area contributed by atoms with E-state index < -0.39 is 5.60 Å². The molecule has 1 amide bonds. The third-order valence-electron chi connectivity index (χ3n) is 5.83. The number of rotatable bonds is 1. The summed E-state index contributed by atoms with van der Waals surface area (Å²) in [5.74, 6) is 0.858. The molecule has 0 unspecified atom stereocenters. The first-order valence-electron chi connectivity index (χ1n) is 9.26. The second kappa shape index (κ2) is 6.68. The Kier molecular flexibility index (Phi) is 4.47. The molecule has 0 saturated carbocycles. The number of amides is 1. The number of piperidine rings is 1. The van der Waals surface area contributed by atoms with E-state index in [0.29, 0.717) is 48.5 Å². The monoisotopic (exact) mass is 383 g/mol. The summed E-state index contributed by atoms with van der Waals surface area (Å²) in [6.07, 6.45) is 1.70. The molecule has 1 spiro atoms. The van der Waals surface area contributed by atoms with Crippen molar-refractivity contribution in [3.05, 3.63) is 63.7 Å². The van der Waals surface area contributed by atoms with Gasteiger partial charge in [0.1, 0.15) is 11.4 Å². The van der Waals surface area contributed by atoms with Gasteiger partial charge in [-0.3, -0.25) is 9.59 Å². The fraction of sp³-hybridized carbons (Fsp3) is 0.364. The number of fused-ring (bicyclic) bond motifs is 1. The van der Waals surface area contributed by atoms with Crippen LogP contribution in [0.3, 0.4) is 0 Å². The van der Waals surface area contributed by atoms with E-state index in [1.54, 1.807) is 24.3 Å². The van der Waals surface area contributed by atoms with Gasteiger partial charge in [0.05, 0.1) is 12.0 Å². The highest BCUT2D eigenvalue weighted by Gasteiger charge is 2.44. The Morgan fingerprint density at radius 1 is 1.07 bits per heavy atom. The molecular weight excluding hydrogens is 362 g/mol. The van der Waals surface area contributed by atoms with Gasteiger partial charge < -0.3 is 9.64 Å². The Labute approximate surface area is 164 Å². The van der Waals surface area contributed by atoms with Gasteiger partial charge in [-0.2, -0.15) is 0 Å². The van der Waals surface area contributed by atoms with Gasteiger partial charge in [0.2, 0.25) is 0 Å². The zero-order chi connectivity index (χ0) is 19.2. The van der Waals surface area contributed by atoms with Crippen molar-refractivity contribution in [1.29, 1.82) is 0 Å². The molecule has 0 atom stereocenters. The number of carbonyl (C=O) groups is 2. The minimum atomic E-state index is -0.501. The average Bonchev–Trinajstić information content (AvgIpc) is 2.66. The Morgan fingerprint density at radius 2 is 1.74 bits per heavy atom. The predicted octanol–water partition coefficient (Wildman–Crippen LogP) is 4.60. The van der Waals surface area contributed by atoms with Crippen molar-refractivity contribution in [3.8, 4) is 5.75 Å². The van der Waals surface area contributed by atoms with Gasteiger partial charge in [-0.1, -0.05) is 17.7 Å². The van der Waals surface area contributed by atoms with Crippen molar-refractivity contribution >= 4 is 23.3 Å². The lowest BCUT2D eigenvalue weighted by atomic mass is 9.81. The molecule has 27 heavy (non-hydrogen) atoms. The van der Waals surface area contributed by atoms with Crippen LogP contribution in [-0.2, 0) is 0 Å². The number of aryl methyl sites for hydroxylation is 1. The molecule has 2 aliphatic rings. The second-order valence-corrected chi connectivity index (χ2v) is 8.00. The first kappa shape index (κ1) is 18.1. The molecule has 0 N–H and O–H groups in total. The molecule has 2 aromatic carbocycles. The van der Waals surface area contributed by atoms with Gasteiger partial charge >= 0.3 is 0 Å². The number of benzene rings is 2. The number of hydrogen-bond acceptors (Lipinski definition) is 3. The summed E-state index contributed by atoms with van der Waals surface area (Å²) >= 11 is 5.90. The summed E-state index contributed by atoms with van der Waals surface area (Å²) in [6.45, 7) is 5.18. The number of ketones is 1. The Morgan fingerprint density at radius 3 is 2.41 bits per heavy atom. The number of halogens is 1. The van der Waals surface area contributed by atoms with E-state index in [-0.39, 0.29) is 11.7 Å². The van der Waals surface area contributed by atoms with Gasteiger partial charge in [0.15, 0.2) is 5.78 Å². The first-order chi connectivity index (χ1) is 12.9. The number of carbonyl (C=O) groups excluding carboxylic acids is 2. The summed E-state index contributed by atoms with van der Waals surface area (Å²) in [5.41, 5.74) is 2.96. The van der Waals surface area contributed by atoms with Gasteiger partial charge in [0.25, 0.3) is 5.91 Å². The lowest BCUT2D eigenvalue weighted by Gasteiger charge is -2.44. The van der Waals surface area contributed by atoms with Crippen molar-refractivity contribution in [2.45, 2.75) is 38.7 Å². The minimum absolute atomic E-state index is 0.00363. The topological polar surface area (TPSA) is 46.6 Å². The molecule has 0 bridgehead atoms. The van der Waals surface area contributed by atoms with E-state index >= 15 is 0 Å². The molecule has 0 radical (unpaired) electrons. The minimum Gasteiger partial charge on any atom is -0.486 e. The standard InChI is InChI=1S/C22H22ClNO3/c1-14-3-8-18-19(25)13-22(27-20(18)15(14)2)9-11-24(12-10-22)21(26)16-4-6-17(23)7-5-16/h3-8H,9-13H2,1-2H3. The van der Waals surface area contributed by atoms with Crippen LogP contribution in [0, 0.1) is 13.8 Å². The zero-order valence-corrected chi connectivity index (χ0v) is 16.3. The fourth-order valence-electron chi connectivity index (χ4n) is 3.95. The molecule has 140 valence electrons. The third-order valence-corrected chi connectivity index (χ3v) is 6.08. The van der Waals surface area contributed by atoms with E-state index in [2.05, 4.69) is 0 Å². The summed E-state index contributed by atoms with van der Waals surface area (Å²) < 4.78 is 6.42. The van der Waals surface area contributed by atoms with E-state index in [1.165, 1.54) is 0 Å². The molecule has 0 aromatic heterocycles. The van der Waals surface area contributed by atoms with Crippen LogP contribution in [0.2, 0.25) is 5.02 Å². The van der Waals surface area contributed by atoms with E-state index in [4.69, 9.17) is 16.3 Å². The number of ether oxygens (including phenoxy) is 1. The van der Waals surface area contributed by atoms with Gasteiger partial charge in [-0.15, -0.1) is 0 Å². The molecule has 4 nitrogen and oxygen atoms in total. The van der Waals surface area contributed by atoms with Crippen molar-refractivity contribution in [1.82, 2.24) is 4.90 Å². The van der Waals surface area contributed by atoms with Crippen LogP contribution in [-0.4, -0.2) is 35.3 Å². The van der Waals surface area contributed by atoms with Crippen LogP contribution in [0.4, 0.5) is 0 Å². The normalized spacial score (nSPS) is 18.2. The van der Waals surface area contributed by atoms with E-state index in [0.717, 1.165) is 16.9 Å². The fourth-order valence-corrected chi connectivity index (χ4v) is 4.08. The maximum Gasteiger partial charge on any atom is 0.253 e. The quantitative estimate of drug-likeness (QED) is 0.723. The van der Waals surface area contributed by atoms with Gasteiger partial charge in [-0.25, -0.2) is 0 Å². The summed E-state index contributed by atoms with van der Waals surface area (Å²) in [6, 6.07) is 10.8. The first-order valence-corrected chi connectivity index (χ1v) is 9.64. The zero-order valence-electron chi connectivity index (χ0n) is 15.5. The molecule has 2 aliphatic heterocycles. The van der Waals surface area contributed by atoms with Crippen LogP contribution in [0.25, 0.3) is 0 Å². The Bertz CT molecular complexity index is 912. The van der Waals surface area contributed by atoms with Crippen molar-refractivity contribution in [3.63, 3.8) is 0 Å². The summed E-state index contributed by atoms with van der Waals surface area (Å²) in [7, 11) is 0. The molecular formula is C22H22ClNO3. The molecule has 2 heterocycles. The third kappa shape index (κ3) is 3.23. The molecule has 0 aliphatic carbocycles. The SMILES string of the molecule is Cc1ccc2c(c1C)OC1(CCN(C(=O)c3ccc(Cl)cc3)CC1)CC2=O. The number of nitrogens with zero attached hydrogens (tertiary/aromatic N) is 1. The second-order valence-electron chi connectivity index (χ2n) is 7.57. The van der Waals surface area contributed by atoms with Crippen LogP contribution >= 0.6 is 11.6 Å². The average molecular weight is 384 g/mol. The molecule has 5 heteroatoms. The van der Waals surface area contributed by atoms with E-state index in [9.17, 15) is 9.59 Å². The predicted molar refractivity (Wildman–Crippen MR) is 105 cm³/mol. The van der Waals surface area contributed by atoms with Crippen LogP contribution in [0.1, 0.15) is 51.1 Å².